The second-order valence-corrected chi connectivity index (χ2v) is 5.80. The van der Waals surface area contributed by atoms with E-state index >= 15 is 0 Å². The van der Waals surface area contributed by atoms with Gasteiger partial charge in [0.25, 0.3) is 5.56 Å². The van der Waals surface area contributed by atoms with Gasteiger partial charge in [-0.2, -0.15) is 0 Å². The monoisotopic (exact) mass is 328 g/mol. The molecule has 0 fully saturated rings. The molecule has 0 atom stereocenters. The van der Waals surface area contributed by atoms with Gasteiger partial charge in [-0.1, -0.05) is 6.07 Å². The van der Waals surface area contributed by atoms with Crippen molar-refractivity contribution >= 4 is 12.0 Å². The van der Waals surface area contributed by atoms with Gasteiger partial charge in [0.05, 0.1) is 5.56 Å². The minimum absolute atomic E-state index is 0.230. The molecule has 1 heterocycles. The summed E-state index contributed by atoms with van der Waals surface area (Å²) in [4.78, 5) is 35.7. The van der Waals surface area contributed by atoms with Crippen molar-refractivity contribution in [2.75, 3.05) is 0 Å². The molecule has 1 aromatic carbocycles. The van der Waals surface area contributed by atoms with Crippen LogP contribution in [-0.4, -0.2) is 15.1 Å². The van der Waals surface area contributed by atoms with Crippen LogP contribution in [0.25, 0.3) is 6.08 Å². The average molecular weight is 328 g/mol. The van der Waals surface area contributed by atoms with Crippen LogP contribution >= 0.6 is 0 Å². The number of benzene rings is 1. The molecule has 0 aliphatic carbocycles. The largest absolute Gasteiger partial charge is 0.423 e. The number of esters is 1. The summed E-state index contributed by atoms with van der Waals surface area (Å²) in [6.07, 6.45) is 3.91. The molecule has 0 N–H and O–H groups in total. The van der Waals surface area contributed by atoms with E-state index in [2.05, 4.69) is 0 Å². The van der Waals surface area contributed by atoms with Crippen molar-refractivity contribution in [1.82, 2.24) is 9.13 Å². The maximum absolute atomic E-state index is 12.0. The summed E-state index contributed by atoms with van der Waals surface area (Å²) in [5.74, 6) is -0.0884. The Kier molecular flexibility index (Phi) is 4.87. The fraction of sp³-hybridized carbons (Fsp3) is 0.278. The standard InChI is InChI=1S/C18H20N2O4/c1-11-8-12(2)13(3)15(9-11)24-16(21)7-6-14-10-19(4)18(23)20(5)17(14)22/h6-10H,1-5H3/b7-6+. The molecule has 2 rings (SSSR count). The number of carbonyl (C=O) groups excluding carboxylic acids is 1. The van der Waals surface area contributed by atoms with Crippen molar-refractivity contribution in [3.63, 3.8) is 0 Å². The zero-order valence-corrected chi connectivity index (χ0v) is 14.4. The number of carbonyl (C=O) groups is 1. The number of ether oxygens (including phenoxy) is 1. The Morgan fingerprint density at radius 2 is 1.79 bits per heavy atom. The van der Waals surface area contributed by atoms with Gasteiger partial charge in [-0.05, 0) is 49.6 Å². The normalized spacial score (nSPS) is 11.0. The van der Waals surface area contributed by atoms with Gasteiger partial charge >= 0.3 is 11.7 Å². The molecule has 0 bridgehead atoms. The number of hydrogen-bond acceptors (Lipinski definition) is 4. The highest BCUT2D eigenvalue weighted by atomic mass is 16.5. The Labute approximate surface area is 139 Å². The van der Waals surface area contributed by atoms with E-state index in [9.17, 15) is 14.4 Å². The molecule has 24 heavy (non-hydrogen) atoms. The number of aryl methyl sites for hydroxylation is 3. The van der Waals surface area contributed by atoms with Crippen LogP contribution in [-0.2, 0) is 18.9 Å². The van der Waals surface area contributed by atoms with Gasteiger partial charge in [0.2, 0.25) is 0 Å². The highest BCUT2D eigenvalue weighted by molar-refractivity contribution is 5.88. The number of aromatic nitrogens is 2. The fourth-order valence-corrected chi connectivity index (χ4v) is 2.36. The molecule has 1 aromatic heterocycles. The quantitative estimate of drug-likeness (QED) is 0.488. The van der Waals surface area contributed by atoms with Crippen LogP contribution in [0.2, 0.25) is 0 Å². The first-order valence-electron chi connectivity index (χ1n) is 7.45. The summed E-state index contributed by atoms with van der Waals surface area (Å²) < 4.78 is 7.61. The first-order valence-corrected chi connectivity index (χ1v) is 7.45. The van der Waals surface area contributed by atoms with Crippen molar-refractivity contribution in [3.8, 4) is 5.75 Å². The molecule has 0 spiro atoms. The Balaban J connectivity index is 2.27. The Bertz CT molecular complexity index is 949. The molecule has 0 aliphatic rings. The van der Waals surface area contributed by atoms with Gasteiger partial charge < -0.3 is 9.30 Å². The van der Waals surface area contributed by atoms with Crippen LogP contribution in [0.1, 0.15) is 22.3 Å². The van der Waals surface area contributed by atoms with E-state index in [1.807, 2.05) is 26.8 Å². The highest BCUT2D eigenvalue weighted by Gasteiger charge is 2.09. The summed E-state index contributed by atoms with van der Waals surface area (Å²) in [5, 5.41) is 0. The van der Waals surface area contributed by atoms with Gasteiger partial charge in [0.15, 0.2) is 0 Å². The third-order valence-corrected chi connectivity index (χ3v) is 3.85. The van der Waals surface area contributed by atoms with E-state index in [4.69, 9.17) is 4.74 Å². The van der Waals surface area contributed by atoms with E-state index in [0.717, 1.165) is 21.3 Å². The van der Waals surface area contributed by atoms with Crippen molar-refractivity contribution in [3.05, 3.63) is 67.5 Å². The third kappa shape index (κ3) is 3.53. The van der Waals surface area contributed by atoms with E-state index in [1.54, 1.807) is 6.07 Å². The van der Waals surface area contributed by atoms with Crippen molar-refractivity contribution < 1.29 is 9.53 Å². The van der Waals surface area contributed by atoms with Crippen LogP contribution in [0, 0.1) is 20.8 Å². The molecule has 0 saturated heterocycles. The maximum atomic E-state index is 12.0. The Morgan fingerprint density at radius 3 is 2.46 bits per heavy atom. The minimum atomic E-state index is -0.584. The summed E-state index contributed by atoms with van der Waals surface area (Å²) in [6, 6.07) is 3.80. The molecule has 0 radical (unpaired) electrons. The molecular formula is C18H20N2O4. The lowest BCUT2D eigenvalue weighted by atomic mass is 10.1. The fourth-order valence-electron chi connectivity index (χ4n) is 2.36. The van der Waals surface area contributed by atoms with Crippen molar-refractivity contribution in [2.45, 2.75) is 20.8 Å². The second kappa shape index (κ2) is 6.70. The molecule has 2 aromatic rings. The van der Waals surface area contributed by atoms with Gasteiger partial charge in [-0.3, -0.25) is 9.36 Å². The molecular weight excluding hydrogens is 308 g/mol. The van der Waals surface area contributed by atoms with Crippen LogP contribution in [0.3, 0.4) is 0 Å². The molecule has 6 nitrogen and oxygen atoms in total. The second-order valence-electron chi connectivity index (χ2n) is 5.80. The lowest BCUT2D eigenvalue weighted by molar-refractivity contribution is -0.128. The molecule has 6 heteroatoms. The van der Waals surface area contributed by atoms with Crippen LogP contribution < -0.4 is 16.0 Å². The van der Waals surface area contributed by atoms with E-state index < -0.39 is 17.2 Å². The predicted molar refractivity (Wildman–Crippen MR) is 92.2 cm³/mol. The van der Waals surface area contributed by atoms with Gasteiger partial charge in [0, 0.05) is 26.4 Å². The SMILES string of the molecule is Cc1cc(C)c(C)c(OC(=O)/C=C/c2cn(C)c(=O)n(C)c2=O)c1. The number of hydrogen-bond donors (Lipinski definition) is 0. The van der Waals surface area contributed by atoms with Crippen molar-refractivity contribution in [1.29, 1.82) is 0 Å². The lowest BCUT2D eigenvalue weighted by Gasteiger charge is -2.09. The molecule has 0 amide bonds. The smallest absolute Gasteiger partial charge is 0.336 e. The van der Waals surface area contributed by atoms with E-state index in [1.165, 1.54) is 37.0 Å². The zero-order chi connectivity index (χ0) is 18.0. The molecule has 126 valence electrons. The van der Waals surface area contributed by atoms with Gasteiger partial charge in [0.1, 0.15) is 5.75 Å². The molecule has 0 saturated carbocycles. The summed E-state index contributed by atoms with van der Waals surface area (Å²) in [6.45, 7) is 5.75. The summed E-state index contributed by atoms with van der Waals surface area (Å²) in [5.41, 5.74) is 2.26. The average Bonchev–Trinajstić information content (AvgIpc) is 2.52. The van der Waals surface area contributed by atoms with Crippen LogP contribution in [0.15, 0.2) is 34.0 Å². The summed E-state index contributed by atoms with van der Waals surface area (Å²) in [7, 11) is 2.93. The van der Waals surface area contributed by atoms with Crippen molar-refractivity contribution in [2.24, 2.45) is 14.1 Å². The Morgan fingerprint density at radius 1 is 1.12 bits per heavy atom. The first-order chi connectivity index (χ1) is 11.2. The van der Waals surface area contributed by atoms with E-state index in [-0.39, 0.29) is 5.56 Å². The minimum Gasteiger partial charge on any atom is -0.423 e. The zero-order valence-electron chi connectivity index (χ0n) is 14.4. The van der Waals surface area contributed by atoms with Crippen LogP contribution in [0.4, 0.5) is 0 Å². The molecule has 0 unspecified atom stereocenters. The van der Waals surface area contributed by atoms with Crippen LogP contribution in [0.5, 0.6) is 5.75 Å². The molecule has 0 aliphatic heterocycles. The maximum Gasteiger partial charge on any atom is 0.336 e. The van der Waals surface area contributed by atoms with Gasteiger partial charge in [-0.15, -0.1) is 0 Å². The highest BCUT2D eigenvalue weighted by Crippen LogP contribution is 2.23. The van der Waals surface area contributed by atoms with E-state index in [0.29, 0.717) is 5.75 Å². The number of nitrogens with zero attached hydrogens (tertiary/aromatic N) is 2. The first kappa shape index (κ1) is 17.5. The van der Waals surface area contributed by atoms with Gasteiger partial charge in [-0.25, -0.2) is 9.59 Å². The number of rotatable bonds is 3. The topological polar surface area (TPSA) is 70.3 Å². The predicted octanol–water partition coefficient (Wildman–Crippen LogP) is 1.63. The summed E-state index contributed by atoms with van der Waals surface area (Å²) >= 11 is 0. The third-order valence-electron chi connectivity index (χ3n) is 3.85. The lowest BCUT2D eigenvalue weighted by Crippen LogP contribution is -2.37. The Hall–Kier alpha value is -2.89.